The molecule has 1 heterocycles. The van der Waals surface area contributed by atoms with E-state index in [4.69, 9.17) is 14.2 Å². The first-order valence-electron chi connectivity index (χ1n) is 10.1. The number of anilines is 1. The number of ether oxygens (including phenoxy) is 3. The van der Waals surface area contributed by atoms with Crippen LogP contribution in [0.5, 0.6) is 11.5 Å². The Balaban J connectivity index is 2.01. The number of methoxy groups -OCH3 is 2. The van der Waals surface area contributed by atoms with Crippen LogP contribution in [0.25, 0.3) is 5.57 Å². The summed E-state index contributed by atoms with van der Waals surface area (Å²) in [5.41, 5.74) is 2.75. The molecular formula is C24H28N2O5. The molecule has 0 spiro atoms. The van der Waals surface area contributed by atoms with E-state index >= 15 is 0 Å². The highest BCUT2D eigenvalue weighted by molar-refractivity contribution is 6.36. The summed E-state index contributed by atoms with van der Waals surface area (Å²) in [6, 6.07) is 12.7. The van der Waals surface area contributed by atoms with Gasteiger partial charge in [-0.1, -0.05) is 18.2 Å². The van der Waals surface area contributed by atoms with E-state index in [1.165, 1.54) is 4.90 Å². The highest BCUT2D eigenvalue weighted by Crippen LogP contribution is 2.34. The molecule has 1 aliphatic rings. The Morgan fingerprint density at radius 1 is 0.968 bits per heavy atom. The SMILES string of the molecule is COc1ccc(C2=C(Nc3cc(C)ccc3OC)C(=O)N(CCOC(C)C)C2=O)cc1. The van der Waals surface area contributed by atoms with Crippen molar-refractivity contribution in [2.45, 2.75) is 26.9 Å². The van der Waals surface area contributed by atoms with E-state index in [2.05, 4.69) is 5.32 Å². The van der Waals surface area contributed by atoms with Crippen LogP contribution in [0.2, 0.25) is 0 Å². The molecule has 2 aromatic carbocycles. The van der Waals surface area contributed by atoms with Gasteiger partial charge in [0, 0.05) is 0 Å². The van der Waals surface area contributed by atoms with Gasteiger partial charge in [0.1, 0.15) is 17.2 Å². The number of hydrogen-bond acceptors (Lipinski definition) is 6. The zero-order valence-corrected chi connectivity index (χ0v) is 18.5. The summed E-state index contributed by atoms with van der Waals surface area (Å²) in [6.45, 7) is 6.20. The first-order valence-corrected chi connectivity index (χ1v) is 10.1. The van der Waals surface area contributed by atoms with Gasteiger partial charge in [-0.2, -0.15) is 0 Å². The summed E-state index contributed by atoms with van der Waals surface area (Å²) in [4.78, 5) is 27.7. The van der Waals surface area contributed by atoms with Gasteiger partial charge in [-0.3, -0.25) is 14.5 Å². The number of carbonyl (C=O) groups excluding carboxylic acids is 2. The summed E-state index contributed by atoms with van der Waals surface area (Å²) < 4.78 is 16.2. The van der Waals surface area contributed by atoms with Crippen molar-refractivity contribution < 1.29 is 23.8 Å². The van der Waals surface area contributed by atoms with Crippen molar-refractivity contribution in [1.29, 1.82) is 0 Å². The average molecular weight is 424 g/mol. The van der Waals surface area contributed by atoms with E-state index in [0.29, 0.717) is 28.3 Å². The van der Waals surface area contributed by atoms with Crippen molar-refractivity contribution in [3.8, 4) is 11.5 Å². The Kier molecular flexibility index (Phi) is 6.97. The summed E-state index contributed by atoms with van der Waals surface area (Å²) >= 11 is 0. The lowest BCUT2D eigenvalue weighted by molar-refractivity contribution is -0.137. The molecule has 0 fully saturated rings. The van der Waals surface area contributed by atoms with Crippen molar-refractivity contribution >= 4 is 23.1 Å². The van der Waals surface area contributed by atoms with Gasteiger partial charge in [0.05, 0.1) is 44.7 Å². The first-order chi connectivity index (χ1) is 14.8. The number of imide groups is 1. The molecule has 0 aliphatic carbocycles. The van der Waals surface area contributed by atoms with Crippen molar-refractivity contribution in [3.05, 3.63) is 59.3 Å². The first kappa shape index (κ1) is 22.4. The molecule has 7 nitrogen and oxygen atoms in total. The summed E-state index contributed by atoms with van der Waals surface area (Å²) in [5, 5.41) is 3.16. The highest BCUT2D eigenvalue weighted by Gasteiger charge is 2.39. The second kappa shape index (κ2) is 9.66. The van der Waals surface area contributed by atoms with Gasteiger partial charge in [0.25, 0.3) is 11.8 Å². The maximum atomic E-state index is 13.3. The Morgan fingerprint density at radius 3 is 2.29 bits per heavy atom. The smallest absolute Gasteiger partial charge is 0.278 e. The second-order valence-electron chi connectivity index (χ2n) is 7.49. The van der Waals surface area contributed by atoms with Crippen molar-refractivity contribution in [3.63, 3.8) is 0 Å². The molecule has 0 saturated heterocycles. The Morgan fingerprint density at radius 2 is 1.68 bits per heavy atom. The van der Waals surface area contributed by atoms with Crippen molar-refractivity contribution in [1.82, 2.24) is 4.90 Å². The van der Waals surface area contributed by atoms with Crippen molar-refractivity contribution in [2.24, 2.45) is 0 Å². The maximum Gasteiger partial charge on any atom is 0.278 e. The van der Waals surface area contributed by atoms with Gasteiger partial charge in [-0.25, -0.2) is 0 Å². The lowest BCUT2D eigenvalue weighted by atomic mass is 10.0. The molecule has 0 saturated carbocycles. The number of benzene rings is 2. The van der Waals surface area contributed by atoms with Crippen LogP contribution in [0.4, 0.5) is 5.69 Å². The lowest BCUT2D eigenvalue weighted by Crippen LogP contribution is -2.35. The molecule has 1 aliphatic heterocycles. The molecule has 0 radical (unpaired) electrons. The molecule has 0 bridgehead atoms. The van der Waals surface area contributed by atoms with E-state index in [9.17, 15) is 9.59 Å². The number of carbonyl (C=O) groups is 2. The molecule has 2 aromatic rings. The maximum absolute atomic E-state index is 13.3. The fraction of sp³-hybridized carbons (Fsp3) is 0.333. The number of hydrogen-bond donors (Lipinski definition) is 1. The largest absolute Gasteiger partial charge is 0.497 e. The molecule has 0 unspecified atom stereocenters. The van der Waals surface area contributed by atoms with Crippen LogP contribution in [-0.2, 0) is 14.3 Å². The number of nitrogens with zero attached hydrogens (tertiary/aromatic N) is 1. The third-order valence-electron chi connectivity index (χ3n) is 4.93. The molecule has 1 N–H and O–H groups in total. The van der Waals surface area contributed by atoms with Crippen LogP contribution in [-0.4, -0.2) is 50.2 Å². The van der Waals surface area contributed by atoms with Crippen LogP contribution in [0.15, 0.2) is 48.2 Å². The Hall–Kier alpha value is -3.32. The minimum absolute atomic E-state index is 0.0102. The number of aryl methyl sites for hydroxylation is 1. The Labute approximate surface area is 182 Å². The number of rotatable bonds is 9. The zero-order valence-electron chi connectivity index (χ0n) is 18.5. The lowest BCUT2D eigenvalue weighted by Gasteiger charge is -2.17. The van der Waals surface area contributed by atoms with Gasteiger partial charge < -0.3 is 19.5 Å². The van der Waals surface area contributed by atoms with Crippen LogP contribution in [0, 0.1) is 6.92 Å². The number of nitrogens with one attached hydrogen (secondary N) is 1. The third kappa shape index (κ3) is 4.88. The molecule has 31 heavy (non-hydrogen) atoms. The van der Waals surface area contributed by atoms with E-state index < -0.39 is 5.91 Å². The van der Waals surface area contributed by atoms with Crippen LogP contribution >= 0.6 is 0 Å². The van der Waals surface area contributed by atoms with Gasteiger partial charge in [-0.05, 0) is 56.2 Å². The van der Waals surface area contributed by atoms with Crippen LogP contribution in [0.1, 0.15) is 25.0 Å². The third-order valence-corrected chi connectivity index (χ3v) is 4.93. The normalized spacial score (nSPS) is 13.9. The van der Waals surface area contributed by atoms with Crippen LogP contribution in [0.3, 0.4) is 0 Å². The van der Waals surface area contributed by atoms with E-state index in [0.717, 1.165) is 5.56 Å². The predicted octanol–water partition coefficient (Wildman–Crippen LogP) is 3.63. The summed E-state index contributed by atoms with van der Waals surface area (Å²) in [7, 11) is 3.14. The number of amides is 2. The molecule has 164 valence electrons. The average Bonchev–Trinajstić information content (AvgIpc) is 2.98. The predicted molar refractivity (Wildman–Crippen MR) is 119 cm³/mol. The standard InChI is InChI=1S/C24H28N2O5/c1-15(2)31-13-12-26-23(27)21(17-7-9-18(29-4)10-8-17)22(24(26)28)25-19-14-16(3)6-11-20(19)30-5/h6-11,14-15,25H,12-13H2,1-5H3. The summed E-state index contributed by atoms with van der Waals surface area (Å²) in [6.07, 6.45) is 0.0102. The quantitative estimate of drug-likeness (QED) is 0.620. The summed E-state index contributed by atoms with van der Waals surface area (Å²) in [5.74, 6) is 0.482. The van der Waals surface area contributed by atoms with Gasteiger partial charge in [0.2, 0.25) is 0 Å². The van der Waals surface area contributed by atoms with Gasteiger partial charge in [-0.15, -0.1) is 0 Å². The van der Waals surface area contributed by atoms with Crippen molar-refractivity contribution in [2.75, 3.05) is 32.7 Å². The zero-order chi connectivity index (χ0) is 22.5. The topological polar surface area (TPSA) is 77.1 Å². The fourth-order valence-electron chi connectivity index (χ4n) is 3.35. The molecular weight excluding hydrogens is 396 g/mol. The van der Waals surface area contributed by atoms with E-state index in [1.54, 1.807) is 38.5 Å². The molecule has 7 heteroatoms. The molecule has 0 atom stereocenters. The van der Waals surface area contributed by atoms with Gasteiger partial charge in [0.15, 0.2) is 0 Å². The minimum atomic E-state index is -0.397. The fourth-order valence-corrected chi connectivity index (χ4v) is 3.35. The highest BCUT2D eigenvalue weighted by atomic mass is 16.5. The Bertz CT molecular complexity index is 996. The minimum Gasteiger partial charge on any atom is -0.497 e. The van der Waals surface area contributed by atoms with E-state index in [1.807, 2.05) is 39.0 Å². The second-order valence-corrected chi connectivity index (χ2v) is 7.49. The van der Waals surface area contributed by atoms with E-state index in [-0.39, 0.29) is 30.9 Å². The molecule has 3 rings (SSSR count). The van der Waals surface area contributed by atoms with Gasteiger partial charge >= 0.3 is 0 Å². The molecule has 2 amide bonds. The molecule has 0 aromatic heterocycles. The monoisotopic (exact) mass is 424 g/mol. The van der Waals surface area contributed by atoms with Crippen LogP contribution < -0.4 is 14.8 Å².